The van der Waals surface area contributed by atoms with Gasteiger partial charge in [0.25, 0.3) is 0 Å². The average Bonchev–Trinajstić information content (AvgIpc) is 2.67. The lowest BCUT2D eigenvalue weighted by Gasteiger charge is -2.39. The van der Waals surface area contributed by atoms with Gasteiger partial charge in [0, 0.05) is 45.0 Å². The van der Waals surface area contributed by atoms with Gasteiger partial charge in [-0.1, -0.05) is 0 Å². The van der Waals surface area contributed by atoms with Crippen LogP contribution in [0.5, 0.6) is 0 Å². The Morgan fingerprint density at radius 3 is 2.37 bits per heavy atom. The van der Waals surface area contributed by atoms with Gasteiger partial charge < -0.3 is 20.7 Å². The smallest absolute Gasteiger partial charge is 0.407 e. The number of nitrogens with two attached hydrogens (primary N) is 1. The van der Waals surface area contributed by atoms with E-state index < -0.39 is 5.60 Å². The minimum absolute atomic E-state index is 0.234. The summed E-state index contributed by atoms with van der Waals surface area (Å²) in [7, 11) is 0. The van der Waals surface area contributed by atoms with E-state index in [2.05, 4.69) is 15.1 Å². The van der Waals surface area contributed by atoms with Crippen LogP contribution in [0, 0.1) is 17.7 Å². The molecular formula is C23H37FN4O2. The molecule has 168 valence electrons. The van der Waals surface area contributed by atoms with E-state index in [1.165, 1.54) is 18.9 Å². The van der Waals surface area contributed by atoms with Crippen LogP contribution in [0.2, 0.25) is 0 Å². The molecule has 0 bridgehead atoms. The summed E-state index contributed by atoms with van der Waals surface area (Å²) in [5.74, 6) is 1.02. The lowest BCUT2D eigenvalue weighted by atomic mass is 9.81. The number of carbonyl (C=O) groups excluding carboxylic acids is 1. The summed E-state index contributed by atoms with van der Waals surface area (Å²) in [5, 5.41) is 2.92. The Balaban J connectivity index is 1.34. The number of alkyl carbamates (subject to hydrolysis) is 1. The van der Waals surface area contributed by atoms with Gasteiger partial charge in [0.15, 0.2) is 0 Å². The van der Waals surface area contributed by atoms with E-state index in [9.17, 15) is 9.18 Å². The van der Waals surface area contributed by atoms with Crippen LogP contribution in [0.3, 0.4) is 0 Å². The molecule has 1 heterocycles. The van der Waals surface area contributed by atoms with E-state index >= 15 is 0 Å². The minimum Gasteiger partial charge on any atom is -0.444 e. The largest absolute Gasteiger partial charge is 0.444 e. The number of benzene rings is 1. The van der Waals surface area contributed by atoms with Crippen LogP contribution < -0.4 is 16.0 Å². The molecule has 0 radical (unpaired) electrons. The van der Waals surface area contributed by atoms with E-state index in [0.29, 0.717) is 29.8 Å². The first-order valence-electron chi connectivity index (χ1n) is 11.2. The van der Waals surface area contributed by atoms with E-state index in [4.69, 9.17) is 10.5 Å². The number of hydrogen-bond acceptors (Lipinski definition) is 5. The summed E-state index contributed by atoms with van der Waals surface area (Å²) >= 11 is 0. The fourth-order valence-electron chi connectivity index (χ4n) is 4.48. The molecule has 1 amide bonds. The van der Waals surface area contributed by atoms with Crippen molar-refractivity contribution < 1.29 is 13.9 Å². The molecule has 2 aliphatic rings. The maximum Gasteiger partial charge on any atom is 0.407 e. The number of carbonyl (C=O) groups is 1. The Hall–Kier alpha value is -2.02. The minimum atomic E-state index is -0.453. The number of anilines is 2. The van der Waals surface area contributed by atoms with Crippen LogP contribution in [0.1, 0.15) is 46.5 Å². The van der Waals surface area contributed by atoms with Crippen LogP contribution in [0.15, 0.2) is 18.2 Å². The number of halogens is 1. The summed E-state index contributed by atoms with van der Waals surface area (Å²) in [6.45, 7) is 11.1. The highest BCUT2D eigenvalue weighted by Crippen LogP contribution is 2.30. The zero-order valence-electron chi connectivity index (χ0n) is 18.6. The van der Waals surface area contributed by atoms with Crippen LogP contribution >= 0.6 is 0 Å². The van der Waals surface area contributed by atoms with E-state index in [-0.39, 0.29) is 11.9 Å². The van der Waals surface area contributed by atoms with Crippen molar-refractivity contribution in [3.05, 3.63) is 24.0 Å². The summed E-state index contributed by atoms with van der Waals surface area (Å²) in [4.78, 5) is 16.4. The SMILES string of the molecule is CC(C)(C)OC(=O)NC[C@H]1CC[C@H](CN2CCN(c3ccc(N)cc3F)CC2)CC1. The number of rotatable bonds is 5. The second-order valence-electron chi connectivity index (χ2n) is 9.77. The van der Waals surface area contributed by atoms with Gasteiger partial charge in [-0.05, 0) is 76.5 Å². The summed E-state index contributed by atoms with van der Waals surface area (Å²) < 4.78 is 19.5. The Morgan fingerprint density at radius 2 is 1.77 bits per heavy atom. The molecule has 0 spiro atoms. The molecule has 30 heavy (non-hydrogen) atoms. The quantitative estimate of drug-likeness (QED) is 0.708. The standard InChI is InChI=1S/C23H37FN4O2/c1-23(2,3)30-22(29)26-15-17-4-6-18(7-5-17)16-27-10-12-28(13-11-27)21-9-8-19(25)14-20(21)24/h8-9,14,17-18H,4-7,10-13,15-16,25H2,1-3H3,(H,26,29)/t17-,18-. The fourth-order valence-corrected chi connectivity index (χ4v) is 4.48. The van der Waals surface area contributed by atoms with Crippen molar-refractivity contribution >= 4 is 17.5 Å². The monoisotopic (exact) mass is 420 g/mol. The molecule has 0 aromatic heterocycles. The third-order valence-electron chi connectivity index (χ3n) is 6.10. The predicted molar refractivity (Wildman–Crippen MR) is 119 cm³/mol. The molecule has 1 aromatic rings. The van der Waals surface area contributed by atoms with Crippen molar-refractivity contribution in [2.24, 2.45) is 11.8 Å². The maximum atomic E-state index is 14.2. The molecule has 1 aliphatic heterocycles. The molecule has 1 aromatic carbocycles. The number of nitrogen functional groups attached to an aromatic ring is 1. The second kappa shape index (κ2) is 9.86. The highest BCUT2D eigenvalue weighted by molar-refractivity contribution is 5.67. The van der Waals surface area contributed by atoms with Crippen molar-refractivity contribution in [3.8, 4) is 0 Å². The number of amides is 1. The van der Waals surface area contributed by atoms with Crippen LogP contribution in [-0.2, 0) is 4.74 Å². The number of hydrogen-bond donors (Lipinski definition) is 2. The fraction of sp³-hybridized carbons (Fsp3) is 0.696. The normalized spacial score (nSPS) is 23.3. The third kappa shape index (κ3) is 6.76. The third-order valence-corrected chi connectivity index (χ3v) is 6.10. The zero-order chi connectivity index (χ0) is 21.7. The van der Waals surface area contributed by atoms with Crippen LogP contribution in [-0.4, -0.2) is 55.9 Å². The molecule has 0 unspecified atom stereocenters. The van der Waals surface area contributed by atoms with Gasteiger partial charge in [-0.25, -0.2) is 9.18 Å². The number of nitrogens with one attached hydrogen (secondary N) is 1. The summed E-state index contributed by atoms with van der Waals surface area (Å²) in [6, 6.07) is 4.95. The Morgan fingerprint density at radius 1 is 1.13 bits per heavy atom. The second-order valence-corrected chi connectivity index (χ2v) is 9.77. The predicted octanol–water partition coefficient (Wildman–Crippen LogP) is 3.86. The number of nitrogens with zero attached hydrogens (tertiary/aromatic N) is 2. The first-order chi connectivity index (χ1) is 14.2. The number of ether oxygens (including phenoxy) is 1. The van der Waals surface area contributed by atoms with Crippen molar-refractivity contribution in [2.75, 3.05) is 49.9 Å². The molecule has 3 rings (SSSR count). The first-order valence-corrected chi connectivity index (χ1v) is 11.2. The maximum absolute atomic E-state index is 14.2. The van der Waals surface area contributed by atoms with E-state index in [1.807, 2.05) is 20.8 Å². The molecular weight excluding hydrogens is 383 g/mol. The number of piperazine rings is 1. The zero-order valence-corrected chi connectivity index (χ0v) is 18.6. The van der Waals surface area contributed by atoms with Crippen molar-refractivity contribution in [1.82, 2.24) is 10.2 Å². The Bertz CT molecular complexity index is 706. The average molecular weight is 421 g/mol. The molecule has 1 saturated carbocycles. The lowest BCUT2D eigenvalue weighted by molar-refractivity contribution is 0.0512. The molecule has 1 saturated heterocycles. The Kier molecular flexibility index (Phi) is 7.45. The van der Waals surface area contributed by atoms with E-state index in [0.717, 1.165) is 45.6 Å². The molecule has 3 N–H and O–H groups in total. The van der Waals surface area contributed by atoms with Gasteiger partial charge in [-0.2, -0.15) is 0 Å². The van der Waals surface area contributed by atoms with Gasteiger partial charge in [0.05, 0.1) is 5.69 Å². The molecule has 2 fully saturated rings. The van der Waals surface area contributed by atoms with Crippen LogP contribution in [0.25, 0.3) is 0 Å². The molecule has 7 heteroatoms. The topological polar surface area (TPSA) is 70.8 Å². The summed E-state index contributed by atoms with van der Waals surface area (Å²) in [6.07, 6.45) is 4.38. The van der Waals surface area contributed by atoms with Crippen molar-refractivity contribution in [2.45, 2.75) is 52.1 Å². The van der Waals surface area contributed by atoms with Gasteiger partial charge >= 0.3 is 6.09 Å². The van der Waals surface area contributed by atoms with Gasteiger partial charge in [-0.3, -0.25) is 4.90 Å². The molecule has 6 nitrogen and oxygen atoms in total. The van der Waals surface area contributed by atoms with Gasteiger partial charge in [-0.15, -0.1) is 0 Å². The first kappa shape index (κ1) is 22.7. The van der Waals surface area contributed by atoms with Gasteiger partial charge in [0.2, 0.25) is 0 Å². The van der Waals surface area contributed by atoms with Gasteiger partial charge in [0.1, 0.15) is 11.4 Å². The van der Waals surface area contributed by atoms with E-state index in [1.54, 1.807) is 12.1 Å². The molecule has 0 atom stereocenters. The molecule has 1 aliphatic carbocycles. The Labute approximate surface area is 179 Å². The summed E-state index contributed by atoms with van der Waals surface area (Å²) in [5.41, 5.74) is 6.32. The highest BCUT2D eigenvalue weighted by atomic mass is 19.1. The van der Waals surface area contributed by atoms with Crippen LogP contribution in [0.4, 0.5) is 20.6 Å². The van der Waals surface area contributed by atoms with Crippen molar-refractivity contribution in [3.63, 3.8) is 0 Å². The highest BCUT2D eigenvalue weighted by Gasteiger charge is 2.26. The van der Waals surface area contributed by atoms with Crippen molar-refractivity contribution in [1.29, 1.82) is 0 Å². The lowest BCUT2D eigenvalue weighted by Crippen LogP contribution is -2.48.